The van der Waals surface area contributed by atoms with Gasteiger partial charge in [0.15, 0.2) is 0 Å². The summed E-state index contributed by atoms with van der Waals surface area (Å²) in [6.45, 7) is 8.83. The summed E-state index contributed by atoms with van der Waals surface area (Å²) in [6, 6.07) is 0. The van der Waals surface area contributed by atoms with Crippen LogP contribution in [0.5, 0.6) is 0 Å². The first-order valence-electron chi connectivity index (χ1n) is 10.4. The van der Waals surface area contributed by atoms with E-state index in [1.807, 2.05) is 0 Å². The Hall–Kier alpha value is -1.89. The van der Waals surface area contributed by atoms with Crippen molar-refractivity contribution in [2.75, 3.05) is 19.0 Å². The molecule has 1 N–H and O–H groups in total. The van der Waals surface area contributed by atoms with E-state index >= 15 is 0 Å². The molecule has 29 heavy (non-hydrogen) atoms. The fourth-order valence-electron chi connectivity index (χ4n) is 3.68. The highest BCUT2D eigenvalue weighted by Crippen LogP contribution is 2.44. The molecule has 1 heterocycles. The van der Waals surface area contributed by atoms with Crippen molar-refractivity contribution in [3.8, 4) is 0 Å². The molecule has 1 aliphatic carbocycles. The molecule has 0 saturated heterocycles. The normalized spacial score (nSPS) is 16.1. The number of carbonyl (C=O) groups excluding carboxylic acids is 3. The van der Waals surface area contributed by atoms with Gasteiger partial charge in [-0.3, -0.25) is 9.59 Å². The molecule has 1 aromatic rings. The Kier molecular flexibility index (Phi) is 8.25. The maximum atomic E-state index is 12.6. The number of unbranched alkanes of at least 4 members (excludes halogenated alkanes) is 1. The molecular weight excluding hydrogens is 390 g/mol. The van der Waals surface area contributed by atoms with E-state index in [4.69, 9.17) is 4.74 Å². The smallest absolute Gasteiger partial charge is 0.341 e. The Balaban J connectivity index is 2.12. The van der Waals surface area contributed by atoms with Crippen LogP contribution < -0.4 is 5.32 Å². The molecule has 0 spiro atoms. The number of hydrogen-bond donors (Lipinski definition) is 1. The summed E-state index contributed by atoms with van der Waals surface area (Å²) in [7, 11) is 1.36. The summed E-state index contributed by atoms with van der Waals surface area (Å²) in [6.07, 6.45) is 4.57. The Morgan fingerprint density at radius 2 is 1.86 bits per heavy atom. The van der Waals surface area contributed by atoms with Gasteiger partial charge in [0.2, 0.25) is 5.91 Å². The lowest BCUT2D eigenvalue weighted by Gasteiger charge is -2.33. The Morgan fingerprint density at radius 3 is 2.48 bits per heavy atom. The molecule has 0 unspecified atom stereocenters. The van der Waals surface area contributed by atoms with Crippen molar-refractivity contribution in [1.82, 2.24) is 0 Å². The van der Waals surface area contributed by atoms with Gasteiger partial charge in [0, 0.05) is 17.7 Å². The van der Waals surface area contributed by atoms with Crippen LogP contribution in [0.25, 0.3) is 0 Å². The third kappa shape index (κ3) is 6.29. The summed E-state index contributed by atoms with van der Waals surface area (Å²) in [5.74, 6) is -0.230. The van der Waals surface area contributed by atoms with Crippen LogP contribution in [0, 0.1) is 11.3 Å². The predicted molar refractivity (Wildman–Crippen MR) is 114 cm³/mol. The van der Waals surface area contributed by atoms with Crippen LogP contribution >= 0.6 is 11.3 Å². The maximum absolute atomic E-state index is 12.6. The van der Waals surface area contributed by atoms with Gasteiger partial charge in [-0.1, -0.05) is 20.8 Å². The van der Waals surface area contributed by atoms with Crippen molar-refractivity contribution in [2.45, 2.75) is 72.6 Å². The fourth-order valence-corrected chi connectivity index (χ4v) is 5.01. The average Bonchev–Trinajstić information content (AvgIpc) is 3.01. The number of rotatable bonds is 8. The van der Waals surface area contributed by atoms with Crippen LogP contribution in [0.1, 0.15) is 80.6 Å². The van der Waals surface area contributed by atoms with Crippen molar-refractivity contribution >= 4 is 34.2 Å². The molecule has 1 amide bonds. The third-order valence-electron chi connectivity index (χ3n) is 5.48. The summed E-state index contributed by atoms with van der Waals surface area (Å²) in [4.78, 5) is 37.4. The number of ether oxygens (including phenoxy) is 2. The third-order valence-corrected chi connectivity index (χ3v) is 6.65. The molecule has 0 fully saturated rings. The molecule has 0 saturated carbocycles. The van der Waals surface area contributed by atoms with Crippen molar-refractivity contribution in [1.29, 1.82) is 0 Å². The van der Waals surface area contributed by atoms with E-state index in [2.05, 4.69) is 30.8 Å². The molecule has 0 aliphatic heterocycles. The molecule has 2 rings (SSSR count). The summed E-state index contributed by atoms with van der Waals surface area (Å²) in [5.41, 5.74) is 1.77. The average molecular weight is 424 g/mol. The zero-order valence-corrected chi connectivity index (χ0v) is 19.0. The monoisotopic (exact) mass is 423 g/mol. The van der Waals surface area contributed by atoms with Gasteiger partial charge in [0.1, 0.15) is 5.00 Å². The maximum Gasteiger partial charge on any atom is 0.341 e. The van der Waals surface area contributed by atoms with E-state index in [1.165, 1.54) is 23.3 Å². The first-order chi connectivity index (χ1) is 13.7. The van der Waals surface area contributed by atoms with Crippen LogP contribution in [-0.2, 0) is 31.9 Å². The predicted octanol–water partition coefficient (Wildman–Crippen LogP) is 4.75. The topological polar surface area (TPSA) is 81.7 Å². The van der Waals surface area contributed by atoms with Crippen LogP contribution in [0.15, 0.2) is 0 Å². The van der Waals surface area contributed by atoms with E-state index in [0.29, 0.717) is 48.8 Å². The highest BCUT2D eigenvalue weighted by Gasteiger charge is 2.34. The van der Waals surface area contributed by atoms with Crippen LogP contribution in [0.3, 0.4) is 0 Å². The van der Waals surface area contributed by atoms with E-state index in [-0.39, 0.29) is 23.3 Å². The number of anilines is 1. The Morgan fingerprint density at radius 1 is 1.17 bits per heavy atom. The van der Waals surface area contributed by atoms with Crippen molar-refractivity contribution < 1.29 is 23.9 Å². The van der Waals surface area contributed by atoms with Crippen LogP contribution in [0.4, 0.5) is 5.00 Å². The molecule has 1 aromatic heterocycles. The second-order valence-corrected chi connectivity index (χ2v) is 9.67. The van der Waals surface area contributed by atoms with Gasteiger partial charge in [0.05, 0.1) is 19.3 Å². The highest BCUT2D eigenvalue weighted by atomic mass is 32.1. The number of esters is 2. The lowest BCUT2D eigenvalue weighted by molar-refractivity contribution is -0.140. The molecule has 0 radical (unpaired) electrons. The molecule has 1 atom stereocenters. The summed E-state index contributed by atoms with van der Waals surface area (Å²) in [5, 5.41) is 3.52. The van der Waals surface area contributed by atoms with Crippen molar-refractivity contribution in [3.05, 3.63) is 16.0 Å². The minimum Gasteiger partial charge on any atom is -0.469 e. The lowest BCUT2D eigenvalue weighted by atomic mass is 9.72. The van der Waals surface area contributed by atoms with Gasteiger partial charge in [0.25, 0.3) is 0 Å². The second-order valence-electron chi connectivity index (χ2n) is 8.57. The van der Waals surface area contributed by atoms with E-state index < -0.39 is 0 Å². The minimum absolute atomic E-state index is 0.147. The molecule has 1 aliphatic rings. The molecular formula is C22H33NO5S. The van der Waals surface area contributed by atoms with E-state index in [9.17, 15) is 14.4 Å². The number of carbonyl (C=O) groups is 3. The number of nitrogens with one attached hydrogen (secondary N) is 1. The van der Waals surface area contributed by atoms with Gasteiger partial charge < -0.3 is 14.8 Å². The van der Waals surface area contributed by atoms with Crippen LogP contribution in [0.2, 0.25) is 0 Å². The number of thiophene rings is 1. The van der Waals surface area contributed by atoms with Crippen molar-refractivity contribution in [2.24, 2.45) is 11.3 Å². The Bertz CT molecular complexity index is 747. The molecule has 162 valence electrons. The quantitative estimate of drug-likeness (QED) is 0.482. The highest BCUT2D eigenvalue weighted by molar-refractivity contribution is 7.17. The van der Waals surface area contributed by atoms with E-state index in [0.717, 1.165) is 24.8 Å². The van der Waals surface area contributed by atoms with Gasteiger partial charge in [-0.15, -0.1) is 11.3 Å². The summed E-state index contributed by atoms with van der Waals surface area (Å²) < 4.78 is 9.88. The molecule has 7 heteroatoms. The minimum atomic E-state index is -0.361. The Labute approximate surface area is 177 Å². The number of fused-ring (bicyclic) bond motifs is 1. The number of methoxy groups -OCH3 is 1. The number of amides is 1. The molecule has 6 nitrogen and oxygen atoms in total. The molecule has 0 aromatic carbocycles. The van der Waals surface area contributed by atoms with Gasteiger partial charge in [-0.2, -0.15) is 0 Å². The number of hydrogen-bond acceptors (Lipinski definition) is 6. The molecule has 0 bridgehead atoms. The zero-order valence-electron chi connectivity index (χ0n) is 18.2. The van der Waals surface area contributed by atoms with E-state index in [1.54, 1.807) is 6.92 Å². The van der Waals surface area contributed by atoms with Gasteiger partial charge >= 0.3 is 11.9 Å². The van der Waals surface area contributed by atoms with Crippen LogP contribution in [-0.4, -0.2) is 31.6 Å². The van der Waals surface area contributed by atoms with Gasteiger partial charge in [-0.05, 0) is 55.9 Å². The second kappa shape index (κ2) is 10.2. The first-order valence-corrected chi connectivity index (χ1v) is 11.2. The lowest BCUT2D eigenvalue weighted by Crippen LogP contribution is -2.26. The fraction of sp³-hybridized carbons (Fsp3) is 0.682. The largest absolute Gasteiger partial charge is 0.469 e. The van der Waals surface area contributed by atoms with Crippen molar-refractivity contribution in [3.63, 3.8) is 0 Å². The first kappa shape index (κ1) is 23.4. The SMILES string of the molecule is CCOC(=O)c1c(NC(=O)CCCCC(=O)OC)sc2c1CC[C@H](C(C)(C)C)C2. The van der Waals surface area contributed by atoms with Gasteiger partial charge in [-0.25, -0.2) is 4.79 Å². The zero-order chi connectivity index (χ0) is 21.6. The standard InChI is InChI=1S/C22H33NO5S/c1-6-28-21(26)19-15-12-11-14(22(2,3)4)13-16(15)29-20(19)23-17(24)9-7-8-10-18(25)27-5/h14H,6-13H2,1-5H3,(H,23,24)/t14-/m0/s1. The summed E-state index contributed by atoms with van der Waals surface area (Å²) >= 11 is 1.51.